The first kappa shape index (κ1) is 14.1. The van der Waals surface area contributed by atoms with Crippen LogP contribution >= 0.6 is 0 Å². The van der Waals surface area contributed by atoms with Crippen LogP contribution in [0.1, 0.15) is 32.6 Å². The van der Waals surface area contributed by atoms with Crippen molar-refractivity contribution in [1.29, 1.82) is 0 Å². The number of methoxy groups -OCH3 is 1. The molecule has 2 aliphatic rings. The lowest BCUT2D eigenvalue weighted by atomic mass is 9.76. The molecule has 0 amide bonds. The number of carboxylic acids is 1. The van der Waals surface area contributed by atoms with E-state index < -0.39 is 5.97 Å². The van der Waals surface area contributed by atoms with Crippen molar-refractivity contribution in [2.24, 2.45) is 11.8 Å². The molecule has 1 heterocycles. The Labute approximate surface area is 113 Å². The van der Waals surface area contributed by atoms with Crippen LogP contribution in [0, 0.1) is 11.8 Å². The van der Waals surface area contributed by atoms with E-state index in [9.17, 15) is 14.7 Å². The maximum atomic E-state index is 11.4. The third-order valence-electron chi connectivity index (χ3n) is 4.37. The van der Waals surface area contributed by atoms with E-state index in [-0.39, 0.29) is 29.7 Å². The molecule has 5 heteroatoms. The van der Waals surface area contributed by atoms with E-state index in [0.29, 0.717) is 0 Å². The lowest BCUT2D eigenvalue weighted by molar-refractivity contribution is -0.133. The Morgan fingerprint density at radius 3 is 2.84 bits per heavy atom. The van der Waals surface area contributed by atoms with E-state index >= 15 is 0 Å². The van der Waals surface area contributed by atoms with Gasteiger partial charge in [-0.15, -0.1) is 0 Å². The van der Waals surface area contributed by atoms with Crippen molar-refractivity contribution in [3.63, 3.8) is 0 Å². The molecular formula is C14H21NO4. The van der Waals surface area contributed by atoms with Crippen molar-refractivity contribution in [2.75, 3.05) is 7.11 Å². The van der Waals surface area contributed by atoms with E-state index in [1.54, 1.807) is 7.11 Å². The average Bonchev–Trinajstić information content (AvgIpc) is 2.80. The highest BCUT2D eigenvalue weighted by molar-refractivity contribution is 5.88. The number of fused-ring (bicyclic) bond motifs is 1. The molecule has 2 rings (SSSR count). The van der Waals surface area contributed by atoms with Gasteiger partial charge in [-0.1, -0.05) is 6.92 Å². The lowest BCUT2D eigenvalue weighted by Gasteiger charge is -2.32. The minimum atomic E-state index is -0.952. The van der Waals surface area contributed by atoms with E-state index in [1.165, 1.54) is 0 Å². The number of carbonyl (C=O) groups is 2. The molecule has 0 aromatic rings. The molecule has 0 radical (unpaired) electrons. The Morgan fingerprint density at radius 2 is 2.32 bits per heavy atom. The predicted octanol–water partition coefficient (Wildman–Crippen LogP) is 1.34. The smallest absolute Gasteiger partial charge is 0.352 e. The highest BCUT2D eigenvalue weighted by Gasteiger charge is 2.45. The van der Waals surface area contributed by atoms with Crippen LogP contribution < -0.4 is 5.32 Å². The lowest BCUT2D eigenvalue weighted by Crippen LogP contribution is -2.39. The van der Waals surface area contributed by atoms with Gasteiger partial charge in [0.1, 0.15) is 12.0 Å². The maximum Gasteiger partial charge on any atom is 0.352 e. The van der Waals surface area contributed by atoms with Gasteiger partial charge in [-0.2, -0.15) is 0 Å². The van der Waals surface area contributed by atoms with Gasteiger partial charge in [0.15, 0.2) is 0 Å². The zero-order chi connectivity index (χ0) is 14.0. The van der Waals surface area contributed by atoms with Gasteiger partial charge in [-0.3, -0.25) is 0 Å². The summed E-state index contributed by atoms with van der Waals surface area (Å²) in [6.07, 6.45) is 4.31. The van der Waals surface area contributed by atoms with Crippen molar-refractivity contribution in [3.8, 4) is 0 Å². The predicted molar refractivity (Wildman–Crippen MR) is 69.6 cm³/mol. The highest BCUT2D eigenvalue weighted by atomic mass is 16.5. The summed E-state index contributed by atoms with van der Waals surface area (Å²) in [7, 11) is 1.61. The van der Waals surface area contributed by atoms with Crippen molar-refractivity contribution in [3.05, 3.63) is 11.3 Å². The topological polar surface area (TPSA) is 75.6 Å². The van der Waals surface area contributed by atoms with Gasteiger partial charge in [0.05, 0.1) is 6.10 Å². The fourth-order valence-corrected chi connectivity index (χ4v) is 3.41. The minimum absolute atomic E-state index is 0.0958. The van der Waals surface area contributed by atoms with Gasteiger partial charge in [0.25, 0.3) is 0 Å². The van der Waals surface area contributed by atoms with Gasteiger partial charge in [0.2, 0.25) is 0 Å². The molecule has 0 aromatic carbocycles. The van der Waals surface area contributed by atoms with E-state index in [2.05, 4.69) is 5.32 Å². The molecule has 0 bridgehead atoms. The number of hydrogen-bond donors (Lipinski definition) is 2. The molecule has 0 saturated heterocycles. The summed E-state index contributed by atoms with van der Waals surface area (Å²) in [5, 5.41) is 12.4. The quantitative estimate of drug-likeness (QED) is 0.735. The van der Waals surface area contributed by atoms with Crippen LogP contribution in [0.2, 0.25) is 0 Å². The molecular weight excluding hydrogens is 246 g/mol. The Kier molecular flexibility index (Phi) is 4.24. The van der Waals surface area contributed by atoms with Crippen molar-refractivity contribution < 1.29 is 19.4 Å². The first-order valence-electron chi connectivity index (χ1n) is 6.86. The first-order chi connectivity index (χ1) is 9.13. The molecule has 5 nitrogen and oxygen atoms in total. The molecule has 19 heavy (non-hydrogen) atoms. The summed E-state index contributed by atoms with van der Waals surface area (Å²) in [6.45, 7) is 1.95. The third-order valence-corrected chi connectivity index (χ3v) is 4.37. The van der Waals surface area contributed by atoms with Gasteiger partial charge in [0, 0.05) is 25.0 Å². The Morgan fingerprint density at radius 1 is 1.58 bits per heavy atom. The van der Waals surface area contributed by atoms with E-state index in [1.807, 2.05) is 6.92 Å². The van der Waals surface area contributed by atoms with E-state index in [4.69, 9.17) is 4.74 Å². The molecule has 0 spiro atoms. The molecule has 1 unspecified atom stereocenters. The number of carbonyl (C=O) groups excluding carboxylic acids is 1. The summed E-state index contributed by atoms with van der Waals surface area (Å²) in [5.41, 5.74) is 1.11. The summed E-state index contributed by atoms with van der Waals surface area (Å²) >= 11 is 0. The Hall–Kier alpha value is -1.36. The second kappa shape index (κ2) is 5.74. The molecule has 1 aliphatic heterocycles. The number of carboxylic acid groups (broad SMARTS) is 1. The monoisotopic (exact) mass is 267 g/mol. The number of nitrogens with one attached hydrogen (secondary N) is 1. The first-order valence-corrected chi connectivity index (χ1v) is 6.86. The Bertz CT molecular complexity index is 404. The summed E-state index contributed by atoms with van der Waals surface area (Å²) < 4.78 is 5.43. The maximum absolute atomic E-state index is 11.4. The fourth-order valence-electron chi connectivity index (χ4n) is 3.41. The fraction of sp³-hybridized carbons (Fsp3) is 0.714. The molecule has 1 aliphatic carbocycles. The number of hydrogen-bond acceptors (Lipinski definition) is 4. The van der Waals surface area contributed by atoms with Gasteiger partial charge < -0.3 is 20.0 Å². The second-order valence-corrected chi connectivity index (χ2v) is 5.28. The largest absolute Gasteiger partial charge is 0.477 e. The van der Waals surface area contributed by atoms with Crippen molar-refractivity contribution >= 4 is 12.3 Å². The zero-order valence-electron chi connectivity index (χ0n) is 11.4. The van der Waals surface area contributed by atoms with Crippen LogP contribution in [-0.4, -0.2) is 36.6 Å². The van der Waals surface area contributed by atoms with Gasteiger partial charge in [-0.05, 0) is 31.3 Å². The van der Waals surface area contributed by atoms with Gasteiger partial charge >= 0.3 is 5.97 Å². The Balaban J connectivity index is 2.34. The van der Waals surface area contributed by atoms with Crippen molar-refractivity contribution in [1.82, 2.24) is 5.32 Å². The normalized spacial score (nSPS) is 31.6. The molecule has 0 aromatic heterocycles. The zero-order valence-corrected chi connectivity index (χ0v) is 11.4. The average molecular weight is 267 g/mol. The van der Waals surface area contributed by atoms with E-state index in [0.717, 1.165) is 37.5 Å². The summed E-state index contributed by atoms with van der Waals surface area (Å²) in [5.74, 6) is -0.986. The van der Waals surface area contributed by atoms with Crippen LogP contribution in [0.4, 0.5) is 0 Å². The third kappa shape index (κ3) is 2.39. The number of rotatable bonds is 5. The molecule has 106 valence electrons. The molecule has 1 saturated carbocycles. The van der Waals surface area contributed by atoms with Crippen molar-refractivity contribution in [2.45, 2.75) is 44.8 Å². The summed E-state index contributed by atoms with van der Waals surface area (Å²) in [4.78, 5) is 22.6. The molecule has 2 N–H and O–H groups in total. The standard InChI is InChI=1S/C14H21NO4/c1-3-8(7-16)12-9-5-4-6-10(19-2)11(9)13(15-12)14(17)18/h7-10,12,15H,3-6H2,1-2H3,(H,17,18)/t8?,9-,10-,12-/m0/s1. The molecule has 4 atom stereocenters. The SMILES string of the molecule is CCC(C=O)[C@@H]1NC(C(=O)O)=C2[C@@H](OC)CCC[C@@H]21. The second-order valence-electron chi connectivity index (χ2n) is 5.28. The van der Waals surface area contributed by atoms with Crippen LogP contribution in [0.5, 0.6) is 0 Å². The molecule has 1 fully saturated rings. The number of aliphatic carboxylic acids is 1. The summed E-state index contributed by atoms with van der Waals surface area (Å²) in [6, 6.07) is -0.0958. The van der Waals surface area contributed by atoms with Crippen LogP contribution in [0.15, 0.2) is 11.3 Å². The van der Waals surface area contributed by atoms with Crippen LogP contribution in [0.3, 0.4) is 0 Å². The minimum Gasteiger partial charge on any atom is -0.477 e. The van der Waals surface area contributed by atoms with Gasteiger partial charge in [-0.25, -0.2) is 4.79 Å². The van der Waals surface area contributed by atoms with Crippen LogP contribution in [0.25, 0.3) is 0 Å². The van der Waals surface area contributed by atoms with Crippen LogP contribution in [-0.2, 0) is 14.3 Å². The number of aldehydes is 1. The number of ether oxygens (including phenoxy) is 1. The highest BCUT2D eigenvalue weighted by Crippen LogP contribution is 2.41.